The first-order valence-corrected chi connectivity index (χ1v) is 7.84. The van der Waals surface area contributed by atoms with Crippen LogP contribution in [0.4, 0.5) is 5.13 Å². The first-order chi connectivity index (χ1) is 10.6. The molecule has 1 aromatic carbocycles. The number of rotatable bonds is 4. The molecule has 2 N–H and O–H groups in total. The molecule has 1 amide bonds. The summed E-state index contributed by atoms with van der Waals surface area (Å²) >= 11 is 6.59. The monoisotopic (exact) mass is 331 g/mol. The highest BCUT2D eigenvalue weighted by molar-refractivity contribution is 7.71. The van der Waals surface area contributed by atoms with Gasteiger partial charge < -0.3 is 5.32 Å². The molecule has 0 aliphatic rings. The van der Waals surface area contributed by atoms with Crippen LogP contribution in [0.5, 0.6) is 0 Å². The molecule has 0 unspecified atom stereocenters. The predicted octanol–water partition coefficient (Wildman–Crippen LogP) is 3.01. The van der Waals surface area contributed by atoms with Crippen molar-refractivity contribution in [1.82, 2.24) is 19.7 Å². The fourth-order valence-corrected chi connectivity index (χ4v) is 2.80. The van der Waals surface area contributed by atoms with Gasteiger partial charge in [-0.05, 0) is 25.2 Å². The fraction of sp³-hybridized carbons (Fsp3) is 0.143. The predicted molar refractivity (Wildman–Crippen MR) is 88.3 cm³/mol. The second-order valence-electron chi connectivity index (χ2n) is 4.69. The van der Waals surface area contributed by atoms with Gasteiger partial charge in [0.05, 0.1) is 0 Å². The molecule has 0 saturated heterocycles. The van der Waals surface area contributed by atoms with Crippen molar-refractivity contribution in [2.45, 2.75) is 13.5 Å². The summed E-state index contributed by atoms with van der Waals surface area (Å²) in [5.41, 5.74) is 2.03. The number of amides is 1. The normalized spacial score (nSPS) is 10.6. The van der Waals surface area contributed by atoms with Gasteiger partial charge in [0.15, 0.2) is 15.7 Å². The molecule has 0 aliphatic carbocycles. The lowest BCUT2D eigenvalue weighted by Crippen LogP contribution is -2.19. The van der Waals surface area contributed by atoms with Crippen molar-refractivity contribution < 1.29 is 4.79 Å². The Hall–Kier alpha value is -2.32. The Kier molecular flexibility index (Phi) is 4.12. The van der Waals surface area contributed by atoms with E-state index in [0.717, 1.165) is 11.1 Å². The zero-order valence-corrected chi connectivity index (χ0v) is 13.4. The molecule has 2 aromatic heterocycles. The van der Waals surface area contributed by atoms with E-state index >= 15 is 0 Å². The number of nitrogens with one attached hydrogen (secondary N) is 2. The van der Waals surface area contributed by atoms with Crippen LogP contribution in [0.3, 0.4) is 0 Å². The van der Waals surface area contributed by atoms with Gasteiger partial charge in [-0.3, -0.25) is 14.5 Å². The SMILES string of the molecule is Cc1cccc(-c2n[nH]c(=S)n2CC(=O)Nc2nccs2)c1. The lowest BCUT2D eigenvalue weighted by Gasteiger charge is -2.07. The lowest BCUT2D eigenvalue weighted by molar-refractivity contribution is -0.116. The van der Waals surface area contributed by atoms with Gasteiger partial charge in [0.1, 0.15) is 6.54 Å². The van der Waals surface area contributed by atoms with E-state index < -0.39 is 0 Å². The average Bonchev–Trinajstić information content (AvgIpc) is 3.10. The number of aromatic nitrogens is 4. The van der Waals surface area contributed by atoms with E-state index in [0.29, 0.717) is 15.7 Å². The number of benzene rings is 1. The second kappa shape index (κ2) is 6.20. The number of hydrogen-bond acceptors (Lipinski definition) is 5. The van der Waals surface area contributed by atoms with Gasteiger partial charge in [-0.15, -0.1) is 11.3 Å². The molecule has 0 aliphatic heterocycles. The number of nitrogens with zero attached hydrogens (tertiary/aromatic N) is 3. The standard InChI is InChI=1S/C14H13N5OS2/c1-9-3-2-4-10(7-9)12-17-18-14(21)19(12)8-11(20)16-13-15-5-6-22-13/h2-7H,8H2,1H3,(H,18,21)(H,15,16,20). The third kappa shape index (κ3) is 3.12. The molecule has 0 radical (unpaired) electrons. The van der Waals surface area contributed by atoms with Gasteiger partial charge in [0, 0.05) is 17.1 Å². The summed E-state index contributed by atoms with van der Waals surface area (Å²) in [4.78, 5) is 16.2. The summed E-state index contributed by atoms with van der Waals surface area (Å²) in [6, 6.07) is 7.89. The van der Waals surface area contributed by atoms with Crippen molar-refractivity contribution in [1.29, 1.82) is 0 Å². The summed E-state index contributed by atoms with van der Waals surface area (Å²) < 4.78 is 2.08. The smallest absolute Gasteiger partial charge is 0.246 e. The molecule has 3 rings (SSSR count). The van der Waals surface area contributed by atoms with E-state index in [2.05, 4.69) is 20.5 Å². The van der Waals surface area contributed by atoms with Crippen molar-refractivity contribution >= 4 is 34.6 Å². The summed E-state index contributed by atoms with van der Waals surface area (Å²) in [5.74, 6) is 0.448. The highest BCUT2D eigenvalue weighted by atomic mass is 32.1. The highest BCUT2D eigenvalue weighted by Crippen LogP contribution is 2.19. The van der Waals surface area contributed by atoms with Gasteiger partial charge in [0.25, 0.3) is 0 Å². The second-order valence-corrected chi connectivity index (χ2v) is 5.97. The molecule has 0 spiro atoms. The Bertz CT molecular complexity index is 850. The Labute approximate surface area is 135 Å². The van der Waals surface area contributed by atoms with Crippen LogP contribution in [0.2, 0.25) is 0 Å². The minimum Gasteiger partial charge on any atom is -0.300 e. The molecule has 6 nitrogen and oxygen atoms in total. The number of hydrogen-bond donors (Lipinski definition) is 2. The van der Waals surface area contributed by atoms with Crippen LogP contribution >= 0.6 is 23.6 Å². The van der Waals surface area contributed by atoms with Gasteiger partial charge in [-0.1, -0.05) is 23.8 Å². The van der Waals surface area contributed by atoms with Crippen LogP contribution in [-0.4, -0.2) is 25.7 Å². The van der Waals surface area contributed by atoms with Crippen LogP contribution in [0.25, 0.3) is 11.4 Å². The third-order valence-corrected chi connectivity index (χ3v) is 4.02. The van der Waals surface area contributed by atoms with E-state index in [1.165, 1.54) is 11.3 Å². The molecule has 2 heterocycles. The number of aryl methyl sites for hydroxylation is 1. The maximum Gasteiger partial charge on any atom is 0.246 e. The van der Waals surface area contributed by atoms with Crippen LogP contribution < -0.4 is 5.32 Å². The van der Waals surface area contributed by atoms with Crippen molar-refractivity contribution in [2.75, 3.05) is 5.32 Å². The Morgan fingerprint density at radius 2 is 2.36 bits per heavy atom. The highest BCUT2D eigenvalue weighted by Gasteiger charge is 2.13. The first kappa shape index (κ1) is 14.6. The Balaban J connectivity index is 1.86. The van der Waals surface area contributed by atoms with Gasteiger partial charge in [-0.2, -0.15) is 5.10 Å². The topological polar surface area (TPSA) is 75.6 Å². The fourth-order valence-electron chi connectivity index (χ4n) is 2.06. The molecule has 112 valence electrons. The maximum absolute atomic E-state index is 12.1. The Morgan fingerprint density at radius 1 is 1.50 bits per heavy atom. The number of thiazole rings is 1. The van der Waals surface area contributed by atoms with Crippen molar-refractivity contribution in [3.63, 3.8) is 0 Å². The van der Waals surface area contributed by atoms with E-state index in [9.17, 15) is 4.79 Å². The van der Waals surface area contributed by atoms with E-state index in [-0.39, 0.29) is 12.5 Å². The number of anilines is 1. The summed E-state index contributed by atoms with van der Waals surface area (Å²) in [7, 11) is 0. The Morgan fingerprint density at radius 3 is 3.09 bits per heavy atom. The first-order valence-electron chi connectivity index (χ1n) is 6.55. The minimum absolute atomic E-state index is 0.0815. The molecule has 8 heteroatoms. The van der Waals surface area contributed by atoms with Crippen LogP contribution in [-0.2, 0) is 11.3 Å². The van der Waals surface area contributed by atoms with E-state index in [1.807, 2.05) is 31.2 Å². The van der Waals surface area contributed by atoms with Crippen molar-refractivity contribution in [3.05, 3.63) is 46.2 Å². The zero-order valence-electron chi connectivity index (χ0n) is 11.7. The quantitative estimate of drug-likeness (QED) is 0.721. The lowest BCUT2D eigenvalue weighted by atomic mass is 10.1. The summed E-state index contributed by atoms with van der Waals surface area (Å²) in [6.45, 7) is 2.09. The van der Waals surface area contributed by atoms with Gasteiger partial charge >= 0.3 is 0 Å². The van der Waals surface area contributed by atoms with Gasteiger partial charge in [-0.25, -0.2) is 4.98 Å². The van der Waals surface area contributed by atoms with Crippen molar-refractivity contribution in [3.8, 4) is 11.4 Å². The zero-order chi connectivity index (χ0) is 15.5. The molecular weight excluding hydrogens is 318 g/mol. The number of carbonyl (C=O) groups excluding carboxylic acids is 1. The molecular formula is C14H13N5OS2. The minimum atomic E-state index is -0.193. The molecule has 22 heavy (non-hydrogen) atoms. The molecule has 0 bridgehead atoms. The number of aromatic amines is 1. The maximum atomic E-state index is 12.1. The molecule has 3 aromatic rings. The van der Waals surface area contributed by atoms with Crippen LogP contribution in [0.15, 0.2) is 35.8 Å². The summed E-state index contributed by atoms with van der Waals surface area (Å²) in [5, 5.41) is 12.1. The third-order valence-electron chi connectivity index (χ3n) is 3.01. The van der Waals surface area contributed by atoms with E-state index in [4.69, 9.17) is 12.2 Å². The molecule has 0 atom stereocenters. The molecule has 0 fully saturated rings. The van der Waals surface area contributed by atoms with Crippen molar-refractivity contribution in [2.24, 2.45) is 0 Å². The van der Waals surface area contributed by atoms with Crippen LogP contribution in [0.1, 0.15) is 5.56 Å². The van der Waals surface area contributed by atoms with E-state index in [1.54, 1.807) is 16.1 Å². The summed E-state index contributed by atoms with van der Waals surface area (Å²) in [6.07, 6.45) is 1.64. The number of H-pyrrole nitrogens is 1. The number of carbonyl (C=O) groups is 1. The van der Waals surface area contributed by atoms with Gasteiger partial charge in [0.2, 0.25) is 5.91 Å². The van der Waals surface area contributed by atoms with Crippen LogP contribution in [0, 0.1) is 11.7 Å². The largest absolute Gasteiger partial charge is 0.300 e. The molecule has 0 saturated carbocycles. The average molecular weight is 331 g/mol.